The average Bonchev–Trinajstić information content (AvgIpc) is 2.27. The van der Waals surface area contributed by atoms with Crippen molar-refractivity contribution in [2.45, 2.75) is 5.72 Å². The van der Waals surface area contributed by atoms with E-state index in [9.17, 15) is 5.11 Å². The molecule has 0 heterocycles. The molecule has 3 N–H and O–H groups in total. The standard InChI is InChI=1S/C12H13BNO/c1-2-3-9-11(13)12(14,15)10-7-5-4-6-8-10/h2-9,15H,1,14H2/b9-3-. The van der Waals surface area contributed by atoms with Crippen molar-refractivity contribution in [3.05, 3.63) is 60.7 Å². The van der Waals surface area contributed by atoms with Crippen LogP contribution < -0.4 is 5.73 Å². The molecule has 1 unspecified atom stereocenters. The number of nitrogens with two attached hydrogens (primary N) is 1. The quantitative estimate of drug-likeness (QED) is 0.428. The van der Waals surface area contributed by atoms with Gasteiger partial charge in [0.25, 0.3) is 0 Å². The summed E-state index contributed by atoms with van der Waals surface area (Å²) in [6.07, 6.45) is 4.71. The molecule has 1 aromatic rings. The van der Waals surface area contributed by atoms with Crippen LogP contribution in [0.25, 0.3) is 0 Å². The Hall–Kier alpha value is -1.45. The van der Waals surface area contributed by atoms with Crippen molar-refractivity contribution in [1.82, 2.24) is 0 Å². The van der Waals surface area contributed by atoms with Crippen molar-refractivity contribution in [3.8, 4) is 0 Å². The Labute approximate surface area is 90.8 Å². The van der Waals surface area contributed by atoms with Gasteiger partial charge in [0, 0.05) is 0 Å². The van der Waals surface area contributed by atoms with Crippen LogP contribution in [0, 0.1) is 0 Å². The Morgan fingerprint density at radius 2 is 2.00 bits per heavy atom. The van der Waals surface area contributed by atoms with Crippen molar-refractivity contribution in [2.75, 3.05) is 0 Å². The van der Waals surface area contributed by atoms with Gasteiger partial charge in [0.2, 0.25) is 0 Å². The Bertz CT molecular complexity index is 382. The molecule has 0 fully saturated rings. The predicted molar refractivity (Wildman–Crippen MR) is 64.6 cm³/mol. The SMILES string of the molecule is [B]=C(/C=C\C=C)C(N)(O)c1ccccc1. The van der Waals surface area contributed by atoms with Crippen molar-refractivity contribution in [1.29, 1.82) is 0 Å². The van der Waals surface area contributed by atoms with Crippen LogP contribution in [0.1, 0.15) is 5.56 Å². The fraction of sp³-hybridized carbons (Fsp3) is 0.0833. The molecule has 2 nitrogen and oxygen atoms in total. The van der Waals surface area contributed by atoms with Crippen LogP contribution in [0.2, 0.25) is 0 Å². The molecule has 0 spiro atoms. The monoisotopic (exact) mass is 198 g/mol. The van der Waals surface area contributed by atoms with Gasteiger partial charge in [-0.1, -0.05) is 0 Å². The van der Waals surface area contributed by atoms with Gasteiger partial charge in [-0.3, -0.25) is 0 Å². The van der Waals surface area contributed by atoms with Crippen LogP contribution >= 0.6 is 0 Å². The summed E-state index contributed by atoms with van der Waals surface area (Å²) in [6.45, 7) is 3.51. The van der Waals surface area contributed by atoms with Crippen LogP contribution in [0.5, 0.6) is 0 Å². The van der Waals surface area contributed by atoms with Gasteiger partial charge in [0.05, 0.1) is 0 Å². The fourth-order valence-corrected chi connectivity index (χ4v) is 1.16. The average molecular weight is 198 g/mol. The van der Waals surface area contributed by atoms with Crippen molar-refractivity contribution >= 4 is 13.0 Å². The van der Waals surface area contributed by atoms with Gasteiger partial charge in [-0.2, -0.15) is 0 Å². The summed E-state index contributed by atoms with van der Waals surface area (Å²) in [7, 11) is 5.68. The van der Waals surface area contributed by atoms with Crippen molar-refractivity contribution in [2.24, 2.45) is 5.73 Å². The summed E-state index contributed by atoms with van der Waals surface area (Å²) in [5.41, 5.74) is 4.82. The topological polar surface area (TPSA) is 46.2 Å². The van der Waals surface area contributed by atoms with Crippen molar-refractivity contribution in [3.63, 3.8) is 0 Å². The first-order valence-electron chi connectivity index (χ1n) is 4.58. The zero-order chi connectivity index (χ0) is 11.3. The summed E-state index contributed by atoms with van der Waals surface area (Å²) in [6, 6.07) is 8.86. The third-order valence-corrected chi connectivity index (χ3v) is 2.07. The minimum atomic E-state index is -1.64. The molecule has 1 rings (SSSR count). The van der Waals surface area contributed by atoms with Gasteiger partial charge in [-0.15, -0.1) is 0 Å². The van der Waals surface area contributed by atoms with E-state index in [0.29, 0.717) is 5.56 Å². The van der Waals surface area contributed by atoms with Gasteiger partial charge >= 0.3 is 90.2 Å². The third kappa shape index (κ3) is 2.75. The van der Waals surface area contributed by atoms with Gasteiger partial charge in [-0.25, -0.2) is 0 Å². The minimum absolute atomic E-state index is 0.175. The molecular weight excluding hydrogens is 185 g/mol. The molecule has 1 radical (unpaired) electrons. The van der Waals surface area contributed by atoms with Gasteiger partial charge < -0.3 is 0 Å². The predicted octanol–water partition coefficient (Wildman–Crippen LogP) is 0.874. The maximum absolute atomic E-state index is 10.0. The van der Waals surface area contributed by atoms with E-state index in [4.69, 9.17) is 13.2 Å². The van der Waals surface area contributed by atoms with Crippen molar-refractivity contribution < 1.29 is 5.11 Å². The van der Waals surface area contributed by atoms with Crippen LogP contribution in [0.15, 0.2) is 55.1 Å². The van der Waals surface area contributed by atoms with Crippen LogP contribution in [-0.4, -0.2) is 18.1 Å². The Morgan fingerprint density at radius 3 is 2.53 bits per heavy atom. The van der Waals surface area contributed by atoms with Gasteiger partial charge in [0.15, 0.2) is 0 Å². The van der Waals surface area contributed by atoms with E-state index >= 15 is 0 Å². The molecule has 0 saturated heterocycles. The van der Waals surface area contributed by atoms with E-state index in [0.717, 1.165) is 0 Å². The first kappa shape index (κ1) is 11.6. The molecule has 0 aliphatic rings. The molecule has 0 saturated carbocycles. The number of aliphatic hydroxyl groups is 1. The van der Waals surface area contributed by atoms with Crippen LogP contribution in [0.3, 0.4) is 0 Å². The third-order valence-electron chi connectivity index (χ3n) is 2.07. The molecule has 0 amide bonds. The Balaban J connectivity index is 2.97. The second kappa shape index (κ2) is 4.87. The number of allylic oxidation sites excluding steroid dienone is 2. The molecule has 15 heavy (non-hydrogen) atoms. The number of benzene rings is 1. The zero-order valence-electron chi connectivity index (χ0n) is 8.43. The molecule has 3 heteroatoms. The molecule has 0 bridgehead atoms. The molecule has 75 valence electrons. The second-order valence-corrected chi connectivity index (χ2v) is 3.18. The second-order valence-electron chi connectivity index (χ2n) is 3.18. The molecule has 1 atom stereocenters. The van der Waals surface area contributed by atoms with E-state index in [2.05, 4.69) is 6.58 Å². The zero-order valence-corrected chi connectivity index (χ0v) is 8.43. The summed E-state index contributed by atoms with van der Waals surface area (Å²) < 4.78 is 0. The molecular formula is C12H13BNO. The van der Waals surface area contributed by atoms with E-state index in [1.54, 1.807) is 36.4 Å². The van der Waals surface area contributed by atoms with Gasteiger partial charge in [0.1, 0.15) is 0 Å². The number of hydrogen-bond acceptors (Lipinski definition) is 2. The summed E-state index contributed by atoms with van der Waals surface area (Å²) in [5.74, 6) is 0. The summed E-state index contributed by atoms with van der Waals surface area (Å²) >= 11 is 0. The number of hydrogen-bond donors (Lipinski definition) is 2. The summed E-state index contributed by atoms with van der Waals surface area (Å²) in [4.78, 5) is 0. The molecule has 0 aliphatic heterocycles. The first-order chi connectivity index (χ1) is 7.09. The van der Waals surface area contributed by atoms with Gasteiger partial charge in [-0.05, 0) is 0 Å². The van der Waals surface area contributed by atoms with E-state index in [-0.39, 0.29) is 5.46 Å². The van der Waals surface area contributed by atoms with E-state index < -0.39 is 5.72 Å². The fourth-order valence-electron chi connectivity index (χ4n) is 1.16. The van der Waals surface area contributed by atoms with Crippen LogP contribution in [-0.2, 0) is 5.72 Å². The first-order valence-corrected chi connectivity index (χ1v) is 4.58. The summed E-state index contributed by atoms with van der Waals surface area (Å²) in [5, 5.41) is 10.0. The normalized spacial score (nSPS) is 14.7. The van der Waals surface area contributed by atoms with E-state index in [1.165, 1.54) is 6.08 Å². The molecule has 0 aliphatic carbocycles. The molecule has 1 aromatic carbocycles. The van der Waals surface area contributed by atoms with Crippen LogP contribution in [0.4, 0.5) is 0 Å². The van der Waals surface area contributed by atoms with E-state index in [1.807, 2.05) is 6.07 Å². The number of rotatable bonds is 4. The maximum atomic E-state index is 10.0. The Morgan fingerprint density at radius 1 is 1.40 bits per heavy atom. The Kier molecular flexibility index (Phi) is 3.77. The molecule has 0 aromatic heterocycles.